The van der Waals surface area contributed by atoms with E-state index in [4.69, 9.17) is 0 Å². The molecule has 0 radical (unpaired) electrons. The van der Waals surface area contributed by atoms with Crippen LogP contribution < -0.4 is 10.9 Å². The maximum absolute atomic E-state index is 10.5. The Morgan fingerprint density at radius 3 is 2.41 bits per heavy atom. The Balaban J connectivity index is 2.14. The number of nitro benzene ring substituents is 1. The highest BCUT2D eigenvalue weighted by Gasteiger charge is 2.11. The van der Waals surface area contributed by atoms with E-state index < -0.39 is 4.92 Å². The van der Waals surface area contributed by atoms with Gasteiger partial charge in [0.2, 0.25) is 5.17 Å². The fraction of sp³-hybridized carbons (Fsp3) is 0.111. The smallest absolute Gasteiger partial charge is 0.258 e. The molecule has 1 aromatic carbocycles. The molecule has 2 rings (SSSR count). The van der Waals surface area contributed by atoms with Crippen LogP contribution in [0.5, 0.6) is 0 Å². The average Bonchev–Trinajstić information content (AvgIpc) is 2.39. The molecule has 0 atom stereocenters. The van der Waals surface area contributed by atoms with Crippen molar-refractivity contribution in [2.75, 3.05) is 6.26 Å². The summed E-state index contributed by atoms with van der Waals surface area (Å²) in [5.74, 6) is 0.526. The number of benzene rings is 1. The van der Waals surface area contributed by atoms with E-state index >= 15 is 0 Å². The number of nitrogens with zero attached hydrogens (tertiary/aromatic N) is 3. The Morgan fingerprint density at radius 2 is 1.94 bits per heavy atom. The zero-order valence-electron chi connectivity index (χ0n) is 8.88. The SMILES string of the molecule is CSC1=NNC(c2ccc([N+](=O)[O-])cc2)=NN1. The number of thioether (sulfide) groups is 1. The van der Waals surface area contributed by atoms with E-state index in [0.717, 1.165) is 5.56 Å². The molecule has 1 aliphatic heterocycles. The highest BCUT2D eigenvalue weighted by molar-refractivity contribution is 8.13. The van der Waals surface area contributed by atoms with Gasteiger partial charge in [-0.25, -0.2) is 0 Å². The van der Waals surface area contributed by atoms with Crippen molar-refractivity contribution in [1.82, 2.24) is 10.9 Å². The summed E-state index contributed by atoms with van der Waals surface area (Å²) in [5.41, 5.74) is 6.31. The van der Waals surface area contributed by atoms with Crippen LogP contribution in [0, 0.1) is 10.1 Å². The van der Waals surface area contributed by atoms with Gasteiger partial charge in [0.05, 0.1) is 4.92 Å². The largest absolute Gasteiger partial charge is 0.269 e. The van der Waals surface area contributed by atoms with Crippen LogP contribution in [-0.4, -0.2) is 22.2 Å². The Bertz CT molecular complexity index is 497. The van der Waals surface area contributed by atoms with Gasteiger partial charge < -0.3 is 0 Å². The van der Waals surface area contributed by atoms with Crippen LogP contribution >= 0.6 is 11.8 Å². The lowest BCUT2D eigenvalue weighted by Gasteiger charge is -2.12. The predicted octanol–water partition coefficient (Wildman–Crippen LogP) is 1.08. The van der Waals surface area contributed by atoms with E-state index in [1.165, 1.54) is 23.9 Å². The summed E-state index contributed by atoms with van der Waals surface area (Å²) in [6.45, 7) is 0. The van der Waals surface area contributed by atoms with Gasteiger partial charge >= 0.3 is 0 Å². The molecule has 0 saturated heterocycles. The summed E-state index contributed by atoms with van der Waals surface area (Å²) in [6.07, 6.45) is 1.87. The number of nitro groups is 1. The molecule has 1 aliphatic rings. The van der Waals surface area contributed by atoms with Crippen molar-refractivity contribution >= 4 is 28.5 Å². The average molecular weight is 251 g/mol. The first-order valence-electron chi connectivity index (χ1n) is 4.67. The van der Waals surface area contributed by atoms with Crippen molar-refractivity contribution in [2.45, 2.75) is 0 Å². The second kappa shape index (κ2) is 4.83. The van der Waals surface area contributed by atoms with Crippen LogP contribution in [0.4, 0.5) is 5.69 Å². The first-order chi connectivity index (χ1) is 8.20. The zero-order chi connectivity index (χ0) is 12.3. The topological polar surface area (TPSA) is 91.9 Å². The summed E-state index contributed by atoms with van der Waals surface area (Å²) in [6, 6.07) is 6.08. The number of hydrogen-bond acceptors (Lipinski definition) is 7. The van der Waals surface area contributed by atoms with Gasteiger partial charge in [0.25, 0.3) is 5.69 Å². The van der Waals surface area contributed by atoms with Crippen molar-refractivity contribution in [2.24, 2.45) is 10.2 Å². The zero-order valence-corrected chi connectivity index (χ0v) is 9.69. The van der Waals surface area contributed by atoms with E-state index in [-0.39, 0.29) is 5.69 Å². The third-order valence-corrected chi connectivity index (χ3v) is 2.64. The minimum absolute atomic E-state index is 0.0476. The molecule has 17 heavy (non-hydrogen) atoms. The van der Waals surface area contributed by atoms with Gasteiger partial charge in [0.1, 0.15) is 0 Å². The molecule has 0 unspecified atom stereocenters. The van der Waals surface area contributed by atoms with Gasteiger partial charge in [0, 0.05) is 17.7 Å². The third-order valence-electron chi connectivity index (χ3n) is 2.07. The first kappa shape index (κ1) is 11.4. The van der Waals surface area contributed by atoms with Gasteiger partial charge in [-0.1, -0.05) is 11.8 Å². The van der Waals surface area contributed by atoms with Gasteiger partial charge in [0.15, 0.2) is 5.84 Å². The second-order valence-corrected chi connectivity index (χ2v) is 3.90. The van der Waals surface area contributed by atoms with Crippen LogP contribution in [0.3, 0.4) is 0 Å². The molecule has 1 aromatic rings. The molecule has 8 heteroatoms. The quantitative estimate of drug-likeness (QED) is 0.606. The van der Waals surface area contributed by atoms with E-state index in [1.807, 2.05) is 6.26 Å². The maximum atomic E-state index is 10.5. The summed E-state index contributed by atoms with van der Waals surface area (Å²) in [5, 5.41) is 19.2. The van der Waals surface area contributed by atoms with Crippen LogP contribution in [0.1, 0.15) is 5.56 Å². The third kappa shape index (κ3) is 2.53. The van der Waals surface area contributed by atoms with E-state index in [9.17, 15) is 10.1 Å². The lowest BCUT2D eigenvalue weighted by molar-refractivity contribution is -0.384. The van der Waals surface area contributed by atoms with Crippen LogP contribution in [0.2, 0.25) is 0 Å². The molecular weight excluding hydrogens is 242 g/mol. The summed E-state index contributed by atoms with van der Waals surface area (Å²) >= 11 is 1.43. The van der Waals surface area contributed by atoms with E-state index in [0.29, 0.717) is 11.0 Å². The molecule has 0 amide bonds. The maximum Gasteiger partial charge on any atom is 0.269 e. The standard InChI is InChI=1S/C9H9N5O2S/c1-17-9-12-10-8(11-13-9)6-2-4-7(5-3-6)14(15)16/h2-5H,1H3,(H,10,11)(H,12,13). The fourth-order valence-corrected chi connectivity index (χ4v) is 1.49. The molecule has 0 spiro atoms. The molecule has 88 valence electrons. The second-order valence-electron chi connectivity index (χ2n) is 3.11. The highest BCUT2D eigenvalue weighted by Crippen LogP contribution is 2.12. The molecule has 7 nitrogen and oxygen atoms in total. The van der Waals surface area contributed by atoms with E-state index in [2.05, 4.69) is 21.1 Å². The van der Waals surface area contributed by atoms with Crippen LogP contribution in [0.25, 0.3) is 0 Å². The van der Waals surface area contributed by atoms with Crippen molar-refractivity contribution in [1.29, 1.82) is 0 Å². The van der Waals surface area contributed by atoms with Gasteiger partial charge in [-0.3, -0.25) is 21.0 Å². The van der Waals surface area contributed by atoms with Crippen LogP contribution in [0.15, 0.2) is 34.5 Å². The van der Waals surface area contributed by atoms with Gasteiger partial charge in [-0.2, -0.15) is 5.10 Å². The Hall–Kier alpha value is -2.09. The van der Waals surface area contributed by atoms with Crippen molar-refractivity contribution in [3.63, 3.8) is 0 Å². The molecule has 0 saturated carbocycles. The van der Waals surface area contributed by atoms with Crippen molar-refractivity contribution in [3.05, 3.63) is 39.9 Å². The van der Waals surface area contributed by atoms with Crippen molar-refractivity contribution < 1.29 is 4.92 Å². The Kier molecular flexibility index (Phi) is 3.24. The first-order valence-corrected chi connectivity index (χ1v) is 5.89. The van der Waals surface area contributed by atoms with E-state index in [1.54, 1.807) is 12.1 Å². The number of rotatable bonds is 2. The van der Waals surface area contributed by atoms with Gasteiger partial charge in [-0.05, 0) is 18.4 Å². The predicted molar refractivity (Wildman–Crippen MR) is 66.9 cm³/mol. The molecule has 0 aliphatic carbocycles. The molecular formula is C9H9N5O2S. The normalized spacial score (nSPS) is 14.2. The number of amidine groups is 2. The monoisotopic (exact) mass is 251 g/mol. The molecule has 0 aromatic heterocycles. The molecule has 1 heterocycles. The minimum atomic E-state index is -0.442. The molecule has 2 N–H and O–H groups in total. The lowest BCUT2D eigenvalue weighted by atomic mass is 10.2. The molecule has 0 bridgehead atoms. The van der Waals surface area contributed by atoms with Crippen molar-refractivity contribution in [3.8, 4) is 0 Å². The minimum Gasteiger partial charge on any atom is -0.258 e. The summed E-state index contributed by atoms with van der Waals surface area (Å²) in [4.78, 5) is 10.1. The number of non-ortho nitro benzene ring substituents is 1. The fourth-order valence-electron chi connectivity index (χ4n) is 1.22. The lowest BCUT2D eigenvalue weighted by Crippen LogP contribution is -2.32. The Labute approximate surface area is 101 Å². The number of hydrogen-bond donors (Lipinski definition) is 2. The Morgan fingerprint density at radius 1 is 1.24 bits per heavy atom. The summed E-state index contributed by atoms with van der Waals surface area (Å²) in [7, 11) is 0. The number of hydrazone groups is 2. The summed E-state index contributed by atoms with van der Waals surface area (Å²) < 4.78 is 0. The van der Waals surface area contributed by atoms with Gasteiger partial charge in [-0.15, -0.1) is 5.10 Å². The highest BCUT2D eigenvalue weighted by atomic mass is 32.2. The molecule has 0 fully saturated rings. The number of nitrogens with one attached hydrogen (secondary N) is 2. The van der Waals surface area contributed by atoms with Crippen LogP contribution in [-0.2, 0) is 0 Å².